The van der Waals surface area contributed by atoms with Crippen molar-refractivity contribution in [3.05, 3.63) is 120 Å². The summed E-state index contributed by atoms with van der Waals surface area (Å²) in [6, 6.07) is 31.6. The minimum atomic E-state index is 0.780. The maximum absolute atomic E-state index is 6.46. The number of nitrogens with two attached hydrogens (primary N) is 1. The van der Waals surface area contributed by atoms with Crippen LogP contribution in [0.3, 0.4) is 0 Å². The molecule has 0 aromatic heterocycles. The van der Waals surface area contributed by atoms with Gasteiger partial charge >= 0.3 is 0 Å². The van der Waals surface area contributed by atoms with E-state index in [-0.39, 0.29) is 0 Å². The van der Waals surface area contributed by atoms with Gasteiger partial charge in [0, 0.05) is 16.8 Å². The largest absolute Gasteiger partial charge is 0.398 e. The van der Waals surface area contributed by atoms with Gasteiger partial charge in [-0.25, -0.2) is 0 Å². The fourth-order valence-electron chi connectivity index (χ4n) is 3.54. The van der Waals surface area contributed by atoms with Crippen molar-refractivity contribution in [1.29, 1.82) is 0 Å². The van der Waals surface area contributed by atoms with E-state index in [0.717, 1.165) is 39.9 Å². The van der Waals surface area contributed by atoms with Gasteiger partial charge in [-0.2, -0.15) is 0 Å². The molecule has 31 heavy (non-hydrogen) atoms. The van der Waals surface area contributed by atoms with Crippen molar-refractivity contribution in [2.45, 2.75) is 27.2 Å². The third-order valence-corrected chi connectivity index (χ3v) is 5.47. The van der Waals surface area contributed by atoms with Crippen LogP contribution in [-0.2, 0) is 6.42 Å². The van der Waals surface area contributed by atoms with Crippen LogP contribution in [0.25, 0.3) is 28.3 Å². The average molecular weight is 406 g/mol. The second kappa shape index (κ2) is 10.4. The van der Waals surface area contributed by atoms with Gasteiger partial charge in [0.2, 0.25) is 0 Å². The molecular weight excluding hydrogens is 374 g/mol. The maximum atomic E-state index is 6.46. The minimum absolute atomic E-state index is 0.780. The van der Waals surface area contributed by atoms with Crippen molar-refractivity contribution in [1.82, 2.24) is 0 Å². The Kier molecular flexibility index (Phi) is 7.45. The summed E-state index contributed by atoms with van der Waals surface area (Å²) in [6.07, 6.45) is 2.99. The van der Waals surface area contributed by atoms with Gasteiger partial charge in [-0.3, -0.25) is 0 Å². The number of nitrogen functional groups attached to an aromatic ring is 1. The predicted octanol–water partition coefficient (Wildman–Crippen LogP) is 8.11. The van der Waals surface area contributed by atoms with Crippen molar-refractivity contribution in [3.63, 3.8) is 0 Å². The zero-order valence-electron chi connectivity index (χ0n) is 18.7. The van der Waals surface area contributed by atoms with E-state index in [9.17, 15) is 0 Å². The standard InChI is InChI=1S/C22H21N.C8H10/c1-4-19-20(17-9-5-15(2)6-10-17)13-14-21(22(19)23)18-11-7-16(3)8-12-18;1-2-8-6-4-3-5-7-8/h4-14H,1,23H2,2-3H3;3-7H,2H2,1H3. The van der Waals surface area contributed by atoms with E-state index in [2.05, 4.69) is 112 Å². The Hall–Kier alpha value is -3.58. The average Bonchev–Trinajstić information content (AvgIpc) is 2.81. The van der Waals surface area contributed by atoms with Gasteiger partial charge in [-0.1, -0.05) is 122 Å². The van der Waals surface area contributed by atoms with Crippen LogP contribution < -0.4 is 5.73 Å². The normalized spacial score (nSPS) is 10.2. The first kappa shape index (κ1) is 22.1. The van der Waals surface area contributed by atoms with E-state index in [1.54, 1.807) is 0 Å². The number of aryl methyl sites for hydroxylation is 3. The van der Waals surface area contributed by atoms with E-state index in [4.69, 9.17) is 5.73 Å². The molecule has 1 heteroatoms. The monoisotopic (exact) mass is 405 g/mol. The van der Waals surface area contributed by atoms with Crippen molar-refractivity contribution in [2.75, 3.05) is 5.73 Å². The Morgan fingerprint density at radius 1 is 0.677 bits per heavy atom. The molecule has 0 radical (unpaired) electrons. The van der Waals surface area contributed by atoms with Gasteiger partial charge in [0.05, 0.1) is 0 Å². The highest BCUT2D eigenvalue weighted by Gasteiger charge is 2.11. The fourth-order valence-corrected chi connectivity index (χ4v) is 3.54. The molecule has 1 nitrogen and oxygen atoms in total. The molecule has 0 atom stereocenters. The zero-order valence-corrected chi connectivity index (χ0v) is 18.7. The fraction of sp³-hybridized carbons (Fsp3) is 0.133. The van der Waals surface area contributed by atoms with E-state index in [0.29, 0.717) is 0 Å². The summed E-state index contributed by atoms with van der Waals surface area (Å²) in [5, 5.41) is 0. The lowest BCUT2D eigenvalue weighted by Crippen LogP contribution is -1.96. The molecule has 2 N–H and O–H groups in total. The Labute approximate surface area is 186 Å². The van der Waals surface area contributed by atoms with Gasteiger partial charge in [-0.15, -0.1) is 0 Å². The molecule has 0 amide bonds. The van der Waals surface area contributed by atoms with Gasteiger partial charge in [0.1, 0.15) is 0 Å². The molecule has 0 saturated heterocycles. The van der Waals surface area contributed by atoms with E-state index in [1.165, 1.54) is 16.7 Å². The number of benzene rings is 4. The molecule has 4 rings (SSSR count). The van der Waals surface area contributed by atoms with Gasteiger partial charge in [-0.05, 0) is 42.5 Å². The third-order valence-electron chi connectivity index (χ3n) is 5.47. The van der Waals surface area contributed by atoms with Crippen LogP contribution in [0, 0.1) is 13.8 Å². The van der Waals surface area contributed by atoms with Crippen molar-refractivity contribution < 1.29 is 0 Å². The first-order chi connectivity index (χ1) is 15.0. The Morgan fingerprint density at radius 3 is 1.61 bits per heavy atom. The molecule has 0 heterocycles. The Morgan fingerprint density at radius 2 is 1.16 bits per heavy atom. The lowest BCUT2D eigenvalue weighted by atomic mass is 9.92. The predicted molar refractivity (Wildman–Crippen MR) is 137 cm³/mol. The molecule has 0 spiro atoms. The summed E-state index contributed by atoms with van der Waals surface area (Å²) in [5.41, 5.74) is 16.6. The quantitative estimate of drug-likeness (QED) is 0.341. The van der Waals surface area contributed by atoms with E-state index < -0.39 is 0 Å². The number of hydrogen-bond donors (Lipinski definition) is 1. The topological polar surface area (TPSA) is 26.0 Å². The molecule has 0 bridgehead atoms. The van der Waals surface area contributed by atoms with Crippen LogP contribution in [-0.4, -0.2) is 0 Å². The van der Waals surface area contributed by atoms with Crippen molar-refractivity contribution in [3.8, 4) is 22.3 Å². The highest BCUT2D eigenvalue weighted by atomic mass is 14.6. The molecular formula is C30H31N. The molecule has 0 aliphatic heterocycles. The van der Waals surface area contributed by atoms with Gasteiger partial charge < -0.3 is 5.73 Å². The second-order valence-electron chi connectivity index (χ2n) is 7.76. The molecule has 156 valence electrons. The SMILES string of the molecule is C=Cc1c(-c2ccc(C)cc2)ccc(-c2ccc(C)cc2)c1N.CCc1ccccc1. The van der Waals surface area contributed by atoms with Crippen LogP contribution in [0.15, 0.2) is 97.6 Å². The summed E-state index contributed by atoms with van der Waals surface area (Å²) < 4.78 is 0. The summed E-state index contributed by atoms with van der Waals surface area (Å²) in [7, 11) is 0. The van der Waals surface area contributed by atoms with Crippen LogP contribution >= 0.6 is 0 Å². The molecule has 4 aromatic carbocycles. The molecule has 0 saturated carbocycles. The smallest absolute Gasteiger partial charge is 0.0473 e. The maximum Gasteiger partial charge on any atom is 0.0473 e. The van der Waals surface area contributed by atoms with E-state index >= 15 is 0 Å². The van der Waals surface area contributed by atoms with Gasteiger partial charge in [0.25, 0.3) is 0 Å². The number of hydrogen-bond acceptors (Lipinski definition) is 1. The molecule has 0 aliphatic carbocycles. The lowest BCUT2D eigenvalue weighted by Gasteiger charge is -2.14. The lowest BCUT2D eigenvalue weighted by molar-refractivity contribution is 1.14. The Balaban J connectivity index is 0.000000287. The highest BCUT2D eigenvalue weighted by Crippen LogP contribution is 2.36. The van der Waals surface area contributed by atoms with Gasteiger partial charge in [0.15, 0.2) is 0 Å². The summed E-state index contributed by atoms with van der Waals surface area (Å²) in [5.74, 6) is 0. The first-order valence-electron chi connectivity index (χ1n) is 10.8. The minimum Gasteiger partial charge on any atom is -0.398 e. The van der Waals surface area contributed by atoms with Crippen molar-refractivity contribution >= 4 is 11.8 Å². The molecule has 0 unspecified atom stereocenters. The molecule has 0 fully saturated rings. The second-order valence-corrected chi connectivity index (χ2v) is 7.76. The summed E-state index contributed by atoms with van der Waals surface area (Å²) in [4.78, 5) is 0. The summed E-state index contributed by atoms with van der Waals surface area (Å²) >= 11 is 0. The first-order valence-corrected chi connectivity index (χ1v) is 10.8. The molecule has 4 aromatic rings. The third kappa shape index (κ3) is 5.52. The van der Waals surface area contributed by atoms with Crippen molar-refractivity contribution in [2.24, 2.45) is 0 Å². The zero-order chi connectivity index (χ0) is 22.2. The van der Waals surface area contributed by atoms with Crippen LogP contribution in [0.4, 0.5) is 5.69 Å². The molecule has 0 aliphatic rings. The number of rotatable bonds is 4. The van der Waals surface area contributed by atoms with Crippen LogP contribution in [0.2, 0.25) is 0 Å². The Bertz CT molecular complexity index is 1120. The van der Waals surface area contributed by atoms with Crippen LogP contribution in [0.5, 0.6) is 0 Å². The highest BCUT2D eigenvalue weighted by molar-refractivity contribution is 5.90. The summed E-state index contributed by atoms with van der Waals surface area (Å²) in [6.45, 7) is 10.3. The van der Waals surface area contributed by atoms with E-state index in [1.807, 2.05) is 12.1 Å². The van der Waals surface area contributed by atoms with Crippen LogP contribution in [0.1, 0.15) is 29.2 Å². The number of anilines is 1.